The Morgan fingerprint density at radius 3 is 2.50 bits per heavy atom. The highest BCUT2D eigenvalue weighted by atomic mass is 16.5. The summed E-state index contributed by atoms with van der Waals surface area (Å²) in [5, 5.41) is 8.90. The Hall–Kier alpha value is -2.39. The molecule has 2 aromatic carbocycles. The summed E-state index contributed by atoms with van der Waals surface area (Å²) in [7, 11) is 0. The molecular formula is C23H29N3O2. The number of morpholine rings is 1. The number of nitrogens with zero attached hydrogens (tertiary/aromatic N) is 3. The fraction of sp³-hybridized carbons (Fsp3) is 0.435. The maximum absolute atomic E-state index is 8.90. The molecule has 1 fully saturated rings. The van der Waals surface area contributed by atoms with Gasteiger partial charge in [0, 0.05) is 38.8 Å². The van der Waals surface area contributed by atoms with Gasteiger partial charge in [0.2, 0.25) is 0 Å². The first-order valence-corrected chi connectivity index (χ1v) is 9.95. The van der Waals surface area contributed by atoms with E-state index >= 15 is 0 Å². The fourth-order valence-electron chi connectivity index (χ4n) is 3.45. The average Bonchev–Trinajstić information content (AvgIpc) is 2.75. The van der Waals surface area contributed by atoms with Gasteiger partial charge >= 0.3 is 0 Å². The van der Waals surface area contributed by atoms with Crippen molar-refractivity contribution in [2.75, 3.05) is 46.0 Å². The highest BCUT2D eigenvalue weighted by Crippen LogP contribution is 2.14. The number of nitriles is 1. The Balaban J connectivity index is 1.57. The summed E-state index contributed by atoms with van der Waals surface area (Å²) in [5.41, 5.74) is 1.96. The molecule has 5 heteroatoms. The Labute approximate surface area is 168 Å². The van der Waals surface area contributed by atoms with E-state index in [1.807, 2.05) is 12.1 Å². The number of benzene rings is 2. The molecule has 0 saturated carbocycles. The number of ether oxygens (including phenoxy) is 2. The largest absolute Gasteiger partial charge is 0.492 e. The molecule has 0 amide bonds. The Bertz CT molecular complexity index is 737. The molecule has 1 heterocycles. The third-order valence-corrected chi connectivity index (χ3v) is 5.11. The van der Waals surface area contributed by atoms with Gasteiger partial charge in [0.1, 0.15) is 12.4 Å². The van der Waals surface area contributed by atoms with Gasteiger partial charge < -0.3 is 9.47 Å². The summed E-state index contributed by atoms with van der Waals surface area (Å²) >= 11 is 0. The van der Waals surface area contributed by atoms with Crippen molar-refractivity contribution >= 4 is 0 Å². The molecule has 0 radical (unpaired) electrons. The van der Waals surface area contributed by atoms with Crippen LogP contribution in [-0.2, 0) is 11.3 Å². The maximum atomic E-state index is 8.90. The van der Waals surface area contributed by atoms with E-state index in [1.165, 1.54) is 5.56 Å². The Morgan fingerprint density at radius 2 is 1.82 bits per heavy atom. The Kier molecular flexibility index (Phi) is 7.86. The van der Waals surface area contributed by atoms with Crippen LogP contribution in [0.15, 0.2) is 54.6 Å². The normalized spacial score (nSPS) is 15.9. The number of hydrogen-bond acceptors (Lipinski definition) is 5. The van der Waals surface area contributed by atoms with E-state index < -0.39 is 0 Å². The molecule has 0 aliphatic carbocycles. The second-order valence-electron chi connectivity index (χ2n) is 7.20. The summed E-state index contributed by atoms with van der Waals surface area (Å²) < 4.78 is 11.4. The van der Waals surface area contributed by atoms with Crippen molar-refractivity contribution in [2.24, 2.45) is 0 Å². The maximum Gasteiger partial charge on any atom is 0.119 e. The predicted molar refractivity (Wildman–Crippen MR) is 110 cm³/mol. The molecular weight excluding hydrogens is 350 g/mol. The quantitative estimate of drug-likeness (QED) is 0.670. The van der Waals surface area contributed by atoms with Gasteiger partial charge in [-0.2, -0.15) is 5.26 Å². The SMILES string of the molecule is CC(CN1CCOCC1)N(CCOc1ccc(C#N)cc1)Cc1ccccc1. The van der Waals surface area contributed by atoms with Gasteiger partial charge in [-0.1, -0.05) is 30.3 Å². The Morgan fingerprint density at radius 1 is 1.11 bits per heavy atom. The highest BCUT2D eigenvalue weighted by Gasteiger charge is 2.19. The molecule has 2 aromatic rings. The molecule has 1 aliphatic heterocycles. The molecule has 28 heavy (non-hydrogen) atoms. The second-order valence-corrected chi connectivity index (χ2v) is 7.20. The summed E-state index contributed by atoms with van der Waals surface area (Å²) in [6.45, 7) is 9.36. The summed E-state index contributed by atoms with van der Waals surface area (Å²) in [6, 6.07) is 20.4. The lowest BCUT2D eigenvalue weighted by Crippen LogP contribution is -2.46. The van der Waals surface area contributed by atoms with E-state index in [2.05, 4.69) is 53.1 Å². The first-order valence-electron chi connectivity index (χ1n) is 9.95. The smallest absolute Gasteiger partial charge is 0.119 e. The zero-order valence-corrected chi connectivity index (χ0v) is 16.6. The third-order valence-electron chi connectivity index (χ3n) is 5.11. The second kappa shape index (κ2) is 10.8. The van der Waals surface area contributed by atoms with Gasteiger partial charge in [-0.05, 0) is 36.8 Å². The van der Waals surface area contributed by atoms with Gasteiger partial charge in [-0.15, -0.1) is 0 Å². The van der Waals surface area contributed by atoms with Crippen LogP contribution in [0.2, 0.25) is 0 Å². The van der Waals surface area contributed by atoms with E-state index in [1.54, 1.807) is 12.1 Å². The first kappa shape index (κ1) is 20.3. The highest BCUT2D eigenvalue weighted by molar-refractivity contribution is 5.34. The van der Waals surface area contributed by atoms with Crippen LogP contribution in [0.25, 0.3) is 0 Å². The monoisotopic (exact) mass is 379 g/mol. The van der Waals surface area contributed by atoms with E-state index in [4.69, 9.17) is 14.7 Å². The molecule has 1 aliphatic rings. The third kappa shape index (κ3) is 6.35. The molecule has 148 valence electrons. The van der Waals surface area contributed by atoms with E-state index in [9.17, 15) is 0 Å². The van der Waals surface area contributed by atoms with Crippen LogP contribution in [0.1, 0.15) is 18.1 Å². The lowest BCUT2D eigenvalue weighted by Gasteiger charge is -2.35. The summed E-state index contributed by atoms with van der Waals surface area (Å²) in [6.07, 6.45) is 0. The van der Waals surface area contributed by atoms with E-state index in [-0.39, 0.29) is 0 Å². The van der Waals surface area contributed by atoms with Crippen LogP contribution in [0.5, 0.6) is 5.75 Å². The predicted octanol–water partition coefficient (Wildman–Crippen LogP) is 3.16. The van der Waals surface area contributed by atoms with Crippen molar-refractivity contribution in [3.05, 3.63) is 65.7 Å². The van der Waals surface area contributed by atoms with Gasteiger partial charge in [0.05, 0.1) is 24.8 Å². The topological polar surface area (TPSA) is 48.7 Å². The van der Waals surface area contributed by atoms with E-state index in [0.717, 1.165) is 51.7 Å². The van der Waals surface area contributed by atoms with Crippen LogP contribution in [0.4, 0.5) is 0 Å². The first-order chi connectivity index (χ1) is 13.7. The average molecular weight is 380 g/mol. The molecule has 1 unspecified atom stereocenters. The lowest BCUT2D eigenvalue weighted by atomic mass is 10.1. The van der Waals surface area contributed by atoms with E-state index in [0.29, 0.717) is 18.2 Å². The van der Waals surface area contributed by atoms with Crippen LogP contribution >= 0.6 is 0 Å². The molecule has 0 bridgehead atoms. The molecule has 1 atom stereocenters. The van der Waals surface area contributed by atoms with Crippen molar-refractivity contribution in [3.63, 3.8) is 0 Å². The standard InChI is InChI=1S/C23H29N3O2/c1-20(18-25-11-14-27-15-12-25)26(19-22-5-3-2-4-6-22)13-16-28-23-9-7-21(17-24)8-10-23/h2-10,20H,11-16,18-19H2,1H3. The molecule has 0 spiro atoms. The molecule has 5 nitrogen and oxygen atoms in total. The summed E-state index contributed by atoms with van der Waals surface area (Å²) in [4.78, 5) is 4.96. The van der Waals surface area contributed by atoms with Crippen LogP contribution in [-0.4, -0.2) is 61.8 Å². The van der Waals surface area contributed by atoms with Gasteiger partial charge in [-0.3, -0.25) is 9.80 Å². The van der Waals surface area contributed by atoms with Gasteiger partial charge in [0.15, 0.2) is 0 Å². The van der Waals surface area contributed by atoms with Crippen LogP contribution in [0.3, 0.4) is 0 Å². The van der Waals surface area contributed by atoms with Crippen molar-refractivity contribution in [1.82, 2.24) is 9.80 Å². The minimum Gasteiger partial charge on any atom is -0.492 e. The van der Waals surface area contributed by atoms with Crippen molar-refractivity contribution in [3.8, 4) is 11.8 Å². The van der Waals surface area contributed by atoms with Crippen LogP contribution < -0.4 is 4.74 Å². The van der Waals surface area contributed by atoms with Gasteiger partial charge in [-0.25, -0.2) is 0 Å². The molecule has 0 aromatic heterocycles. The number of hydrogen-bond donors (Lipinski definition) is 0. The number of rotatable bonds is 9. The van der Waals surface area contributed by atoms with Crippen molar-refractivity contribution in [1.29, 1.82) is 5.26 Å². The fourth-order valence-corrected chi connectivity index (χ4v) is 3.45. The van der Waals surface area contributed by atoms with Crippen molar-refractivity contribution < 1.29 is 9.47 Å². The summed E-state index contributed by atoms with van der Waals surface area (Å²) in [5.74, 6) is 0.805. The van der Waals surface area contributed by atoms with Crippen molar-refractivity contribution in [2.45, 2.75) is 19.5 Å². The zero-order chi connectivity index (χ0) is 19.6. The minimum atomic E-state index is 0.419. The van der Waals surface area contributed by atoms with Crippen LogP contribution in [0, 0.1) is 11.3 Å². The zero-order valence-electron chi connectivity index (χ0n) is 16.6. The molecule has 1 saturated heterocycles. The minimum absolute atomic E-state index is 0.419. The van der Waals surface area contributed by atoms with Gasteiger partial charge in [0.25, 0.3) is 0 Å². The molecule has 3 rings (SSSR count). The molecule has 0 N–H and O–H groups in total. The lowest BCUT2D eigenvalue weighted by molar-refractivity contribution is 0.0221.